The third kappa shape index (κ3) is 4.68. The molecule has 0 fully saturated rings. The van der Waals surface area contributed by atoms with Gasteiger partial charge in [-0.15, -0.1) is 0 Å². The summed E-state index contributed by atoms with van der Waals surface area (Å²) < 4.78 is 10.7. The molecule has 3 rings (SSSR count). The number of esters is 1. The quantitative estimate of drug-likeness (QED) is 0.631. The Labute approximate surface area is 174 Å². The molecule has 0 aliphatic heterocycles. The van der Waals surface area contributed by atoms with Gasteiger partial charge in [0.15, 0.2) is 6.61 Å². The summed E-state index contributed by atoms with van der Waals surface area (Å²) in [4.78, 5) is 37.6. The number of furan rings is 1. The minimum Gasteiger partial charge on any atom is -0.464 e. The lowest BCUT2D eigenvalue weighted by molar-refractivity contribution is -0.146. The third-order valence-electron chi connectivity index (χ3n) is 4.86. The Bertz CT molecular complexity index is 1100. The zero-order valence-electron chi connectivity index (χ0n) is 17.4. The molecule has 0 saturated heterocycles. The largest absolute Gasteiger partial charge is 0.464 e. The molecule has 0 spiro atoms. The maximum absolute atomic E-state index is 12.2. The van der Waals surface area contributed by atoms with Crippen molar-refractivity contribution in [1.82, 2.24) is 4.90 Å². The van der Waals surface area contributed by atoms with Gasteiger partial charge in [-0.1, -0.05) is 12.1 Å². The Balaban J connectivity index is 1.53. The van der Waals surface area contributed by atoms with E-state index in [4.69, 9.17) is 9.15 Å². The van der Waals surface area contributed by atoms with E-state index < -0.39 is 18.5 Å². The molecule has 1 aromatic heterocycles. The molecule has 0 bridgehead atoms. The van der Waals surface area contributed by atoms with Gasteiger partial charge in [-0.25, -0.2) is 0 Å². The van der Waals surface area contributed by atoms with E-state index in [1.54, 1.807) is 44.6 Å². The number of fused-ring (bicyclic) bond motifs is 1. The monoisotopic (exact) mass is 408 g/mol. The van der Waals surface area contributed by atoms with Crippen LogP contribution in [0.3, 0.4) is 0 Å². The number of hydrogen-bond acceptors (Lipinski definition) is 5. The Kier molecular flexibility index (Phi) is 6.20. The van der Waals surface area contributed by atoms with Gasteiger partial charge in [0.1, 0.15) is 5.58 Å². The second-order valence-corrected chi connectivity index (χ2v) is 7.31. The highest BCUT2D eigenvalue weighted by Crippen LogP contribution is 2.26. The number of aryl methyl sites for hydroxylation is 2. The lowest BCUT2D eigenvalue weighted by Gasteiger charge is -2.11. The first-order valence-electron chi connectivity index (χ1n) is 9.49. The number of amides is 2. The summed E-state index contributed by atoms with van der Waals surface area (Å²) >= 11 is 0. The van der Waals surface area contributed by atoms with Gasteiger partial charge >= 0.3 is 5.97 Å². The first-order chi connectivity index (χ1) is 14.3. The summed E-state index contributed by atoms with van der Waals surface area (Å²) in [6.07, 6.45) is 1.57. The number of rotatable bonds is 6. The van der Waals surface area contributed by atoms with Crippen LogP contribution in [0.25, 0.3) is 11.0 Å². The van der Waals surface area contributed by atoms with Gasteiger partial charge in [-0.2, -0.15) is 0 Å². The van der Waals surface area contributed by atoms with Crippen molar-refractivity contribution in [2.45, 2.75) is 20.3 Å². The van der Waals surface area contributed by atoms with E-state index in [2.05, 4.69) is 5.32 Å². The summed E-state index contributed by atoms with van der Waals surface area (Å²) in [6, 6.07) is 10.4. The van der Waals surface area contributed by atoms with E-state index in [1.807, 2.05) is 26.0 Å². The molecule has 3 aromatic rings. The summed E-state index contributed by atoms with van der Waals surface area (Å²) in [5.74, 6) is -1.10. The van der Waals surface area contributed by atoms with E-state index in [1.165, 1.54) is 4.90 Å². The van der Waals surface area contributed by atoms with Crippen LogP contribution < -0.4 is 5.32 Å². The maximum atomic E-state index is 12.2. The van der Waals surface area contributed by atoms with E-state index in [9.17, 15) is 14.4 Å². The van der Waals surface area contributed by atoms with Crippen molar-refractivity contribution in [3.63, 3.8) is 0 Å². The first-order valence-corrected chi connectivity index (χ1v) is 9.49. The van der Waals surface area contributed by atoms with Crippen LogP contribution >= 0.6 is 0 Å². The van der Waals surface area contributed by atoms with Gasteiger partial charge < -0.3 is 19.4 Å². The first kappa shape index (κ1) is 21.1. The molecule has 0 aliphatic carbocycles. The zero-order chi connectivity index (χ0) is 21.8. The second-order valence-electron chi connectivity index (χ2n) is 7.31. The molecule has 0 unspecified atom stereocenters. The van der Waals surface area contributed by atoms with Gasteiger partial charge in [0, 0.05) is 36.3 Å². The average molecular weight is 408 g/mol. The molecule has 2 amide bonds. The van der Waals surface area contributed by atoms with Crippen molar-refractivity contribution in [2.75, 3.05) is 26.0 Å². The molecule has 0 atom stereocenters. The van der Waals surface area contributed by atoms with Crippen molar-refractivity contribution < 1.29 is 23.5 Å². The second kappa shape index (κ2) is 8.82. The molecule has 2 aromatic carbocycles. The molecule has 1 N–H and O–H groups in total. The van der Waals surface area contributed by atoms with Crippen LogP contribution in [0.4, 0.5) is 5.69 Å². The van der Waals surface area contributed by atoms with Crippen LogP contribution in [0.15, 0.2) is 47.1 Å². The molecule has 7 nitrogen and oxygen atoms in total. The lowest BCUT2D eigenvalue weighted by atomic mass is 10.0. The SMILES string of the molecule is Cc1ccc2c(CC(=O)OCC(=O)Nc3ccc(C(=O)N(C)C)cc3)coc2c1C. The minimum atomic E-state index is -0.516. The number of benzene rings is 2. The molecule has 1 heterocycles. The number of carbonyl (C=O) groups is 3. The fourth-order valence-electron chi connectivity index (χ4n) is 3.03. The highest BCUT2D eigenvalue weighted by atomic mass is 16.5. The highest BCUT2D eigenvalue weighted by molar-refractivity contribution is 5.96. The van der Waals surface area contributed by atoms with Gasteiger partial charge in [0.25, 0.3) is 11.8 Å². The van der Waals surface area contributed by atoms with E-state index in [0.29, 0.717) is 11.3 Å². The summed E-state index contributed by atoms with van der Waals surface area (Å²) in [7, 11) is 3.34. The molecule has 7 heteroatoms. The van der Waals surface area contributed by atoms with Gasteiger partial charge in [-0.3, -0.25) is 14.4 Å². The molecule has 156 valence electrons. The molecular weight excluding hydrogens is 384 g/mol. The molecular formula is C23H24N2O5. The van der Waals surface area contributed by atoms with Gasteiger partial charge in [0.2, 0.25) is 0 Å². The van der Waals surface area contributed by atoms with Crippen LogP contribution in [-0.2, 0) is 20.7 Å². The lowest BCUT2D eigenvalue weighted by Crippen LogP contribution is -2.22. The highest BCUT2D eigenvalue weighted by Gasteiger charge is 2.15. The summed E-state index contributed by atoms with van der Waals surface area (Å²) in [5.41, 5.74) is 4.65. The minimum absolute atomic E-state index is 0.0180. The third-order valence-corrected chi connectivity index (χ3v) is 4.86. The van der Waals surface area contributed by atoms with Crippen molar-refractivity contribution in [3.8, 4) is 0 Å². The number of hydrogen-bond donors (Lipinski definition) is 1. The van der Waals surface area contributed by atoms with E-state index >= 15 is 0 Å². The van der Waals surface area contributed by atoms with Gasteiger partial charge in [-0.05, 0) is 49.2 Å². The van der Waals surface area contributed by atoms with Crippen molar-refractivity contribution >= 4 is 34.4 Å². The Morgan fingerprint density at radius 3 is 2.40 bits per heavy atom. The van der Waals surface area contributed by atoms with E-state index in [-0.39, 0.29) is 12.3 Å². The van der Waals surface area contributed by atoms with Crippen molar-refractivity contribution in [3.05, 3.63) is 64.9 Å². The van der Waals surface area contributed by atoms with Crippen LogP contribution in [-0.4, -0.2) is 43.4 Å². The number of anilines is 1. The van der Waals surface area contributed by atoms with Crippen molar-refractivity contribution in [1.29, 1.82) is 0 Å². The van der Waals surface area contributed by atoms with Crippen LogP contribution in [0.1, 0.15) is 27.0 Å². The average Bonchev–Trinajstić information content (AvgIpc) is 3.12. The standard InChI is InChI=1S/C23H24N2O5/c1-14-5-10-19-17(12-30-22(19)15(14)2)11-21(27)29-13-20(26)24-18-8-6-16(7-9-18)23(28)25(3)4/h5-10,12H,11,13H2,1-4H3,(H,24,26). The number of nitrogens with zero attached hydrogens (tertiary/aromatic N) is 1. The van der Waals surface area contributed by atoms with E-state index in [0.717, 1.165) is 27.7 Å². The number of carbonyl (C=O) groups excluding carboxylic acids is 3. The summed E-state index contributed by atoms with van der Waals surface area (Å²) in [6.45, 7) is 3.57. The number of nitrogens with one attached hydrogen (secondary N) is 1. The topological polar surface area (TPSA) is 88.8 Å². The maximum Gasteiger partial charge on any atom is 0.310 e. The molecule has 0 radical (unpaired) electrons. The van der Waals surface area contributed by atoms with Gasteiger partial charge in [0.05, 0.1) is 12.7 Å². The fraction of sp³-hybridized carbons (Fsp3) is 0.261. The smallest absolute Gasteiger partial charge is 0.310 e. The van der Waals surface area contributed by atoms with Crippen molar-refractivity contribution in [2.24, 2.45) is 0 Å². The normalized spacial score (nSPS) is 10.7. The Morgan fingerprint density at radius 1 is 1.03 bits per heavy atom. The Morgan fingerprint density at radius 2 is 1.73 bits per heavy atom. The predicted molar refractivity (Wildman–Crippen MR) is 113 cm³/mol. The number of ether oxygens (including phenoxy) is 1. The van der Waals surface area contributed by atoms with Crippen LogP contribution in [0, 0.1) is 13.8 Å². The Hall–Kier alpha value is -3.61. The van der Waals surface area contributed by atoms with Crippen LogP contribution in [0.5, 0.6) is 0 Å². The zero-order valence-corrected chi connectivity index (χ0v) is 17.4. The molecule has 0 aliphatic rings. The fourth-order valence-corrected chi connectivity index (χ4v) is 3.03. The summed E-state index contributed by atoms with van der Waals surface area (Å²) in [5, 5.41) is 3.50. The molecule has 30 heavy (non-hydrogen) atoms. The molecule has 0 saturated carbocycles. The predicted octanol–water partition coefficient (Wildman–Crippen LogP) is 3.48. The van der Waals surface area contributed by atoms with Crippen LogP contribution in [0.2, 0.25) is 0 Å².